The largest absolute Gasteiger partial charge is 0.481 e. The number of hydrogen-bond donors (Lipinski definition) is 1. The standard InChI is InChI=1S/C17H19NO3/c1-11-4-7-14(12(2)10-11)15-8-5-13(6-9-16(19)20)17(21)18(15)3/h4-5,7-8,10H,6,9H2,1-3H3,(H,19,20). The first-order valence-electron chi connectivity index (χ1n) is 6.88. The van der Waals surface area contributed by atoms with Crippen molar-refractivity contribution in [3.8, 4) is 11.3 Å². The number of carboxylic acid groups (broad SMARTS) is 1. The number of carboxylic acids is 1. The van der Waals surface area contributed by atoms with Crippen molar-refractivity contribution in [1.29, 1.82) is 0 Å². The molecular formula is C17H19NO3. The summed E-state index contributed by atoms with van der Waals surface area (Å²) in [6.45, 7) is 4.05. The molecule has 0 bridgehead atoms. The summed E-state index contributed by atoms with van der Waals surface area (Å²) in [5.74, 6) is -0.893. The molecule has 2 rings (SSSR count). The Kier molecular flexibility index (Phi) is 4.26. The van der Waals surface area contributed by atoms with Gasteiger partial charge in [-0.15, -0.1) is 0 Å². The molecule has 2 aromatic rings. The topological polar surface area (TPSA) is 59.3 Å². The van der Waals surface area contributed by atoms with Gasteiger partial charge in [0.05, 0.1) is 5.69 Å². The average Bonchev–Trinajstić information content (AvgIpc) is 2.41. The Bertz CT molecular complexity index is 744. The molecule has 4 heteroatoms. The summed E-state index contributed by atoms with van der Waals surface area (Å²) in [4.78, 5) is 22.9. The molecule has 21 heavy (non-hydrogen) atoms. The van der Waals surface area contributed by atoms with Crippen molar-refractivity contribution >= 4 is 5.97 Å². The number of benzene rings is 1. The first-order chi connectivity index (χ1) is 9.90. The summed E-state index contributed by atoms with van der Waals surface area (Å²) >= 11 is 0. The number of aliphatic carboxylic acids is 1. The lowest BCUT2D eigenvalue weighted by atomic mass is 10.0. The minimum absolute atomic E-state index is 0.0296. The Balaban J connectivity index is 2.45. The molecule has 1 heterocycles. The van der Waals surface area contributed by atoms with E-state index in [-0.39, 0.29) is 18.4 Å². The molecule has 110 valence electrons. The Morgan fingerprint density at radius 2 is 1.90 bits per heavy atom. The zero-order chi connectivity index (χ0) is 15.6. The zero-order valence-electron chi connectivity index (χ0n) is 12.5. The van der Waals surface area contributed by atoms with E-state index >= 15 is 0 Å². The number of aryl methyl sites for hydroxylation is 3. The Morgan fingerprint density at radius 1 is 1.19 bits per heavy atom. The molecule has 0 unspecified atom stereocenters. The first kappa shape index (κ1) is 15.0. The van der Waals surface area contributed by atoms with E-state index in [0.717, 1.165) is 16.8 Å². The molecule has 1 aromatic carbocycles. The lowest BCUT2D eigenvalue weighted by molar-refractivity contribution is -0.136. The van der Waals surface area contributed by atoms with Crippen LogP contribution in [0.15, 0.2) is 35.1 Å². The average molecular weight is 285 g/mol. The Hall–Kier alpha value is -2.36. The fourth-order valence-corrected chi connectivity index (χ4v) is 2.49. The predicted molar refractivity (Wildman–Crippen MR) is 82.5 cm³/mol. The fraction of sp³-hybridized carbons (Fsp3) is 0.294. The molecular weight excluding hydrogens is 266 g/mol. The zero-order valence-corrected chi connectivity index (χ0v) is 12.5. The highest BCUT2D eigenvalue weighted by molar-refractivity contribution is 5.67. The number of nitrogens with zero attached hydrogens (tertiary/aromatic N) is 1. The van der Waals surface area contributed by atoms with Crippen LogP contribution in [0.5, 0.6) is 0 Å². The second kappa shape index (κ2) is 5.95. The summed E-state index contributed by atoms with van der Waals surface area (Å²) in [6, 6.07) is 9.73. The lowest BCUT2D eigenvalue weighted by Gasteiger charge is -2.13. The summed E-state index contributed by atoms with van der Waals surface area (Å²) in [7, 11) is 1.72. The van der Waals surface area contributed by atoms with Crippen LogP contribution in [0.4, 0.5) is 0 Å². The second-order valence-electron chi connectivity index (χ2n) is 5.32. The Morgan fingerprint density at radius 3 is 2.52 bits per heavy atom. The van der Waals surface area contributed by atoms with Gasteiger partial charge in [0.25, 0.3) is 5.56 Å². The van der Waals surface area contributed by atoms with Crippen molar-refractivity contribution in [3.63, 3.8) is 0 Å². The van der Waals surface area contributed by atoms with E-state index in [1.807, 2.05) is 32.0 Å². The van der Waals surface area contributed by atoms with Crippen LogP contribution < -0.4 is 5.56 Å². The van der Waals surface area contributed by atoms with Crippen LogP contribution >= 0.6 is 0 Å². The highest BCUT2D eigenvalue weighted by Crippen LogP contribution is 2.23. The molecule has 0 aliphatic rings. The van der Waals surface area contributed by atoms with Gasteiger partial charge >= 0.3 is 5.97 Å². The van der Waals surface area contributed by atoms with Gasteiger partial charge in [0.2, 0.25) is 0 Å². The van der Waals surface area contributed by atoms with Crippen LogP contribution in [-0.2, 0) is 18.3 Å². The molecule has 0 fully saturated rings. The van der Waals surface area contributed by atoms with E-state index in [1.54, 1.807) is 17.7 Å². The minimum atomic E-state index is -0.893. The number of aromatic nitrogens is 1. The summed E-state index contributed by atoms with van der Waals surface area (Å²) < 4.78 is 1.59. The number of hydrogen-bond acceptors (Lipinski definition) is 2. The highest BCUT2D eigenvalue weighted by atomic mass is 16.4. The van der Waals surface area contributed by atoms with Gasteiger partial charge in [-0.05, 0) is 31.9 Å². The Labute approximate surface area is 123 Å². The van der Waals surface area contributed by atoms with Crippen molar-refractivity contribution in [2.75, 3.05) is 0 Å². The van der Waals surface area contributed by atoms with Gasteiger partial charge in [-0.3, -0.25) is 9.59 Å². The maximum absolute atomic E-state index is 12.3. The van der Waals surface area contributed by atoms with Crippen molar-refractivity contribution in [2.24, 2.45) is 7.05 Å². The number of rotatable bonds is 4. The molecule has 0 saturated heterocycles. The molecule has 1 N–H and O–H groups in total. The number of pyridine rings is 1. The van der Waals surface area contributed by atoms with E-state index < -0.39 is 5.97 Å². The van der Waals surface area contributed by atoms with Gasteiger partial charge in [0.15, 0.2) is 0 Å². The van der Waals surface area contributed by atoms with Crippen LogP contribution in [-0.4, -0.2) is 15.6 Å². The lowest BCUT2D eigenvalue weighted by Crippen LogP contribution is -2.23. The summed E-state index contributed by atoms with van der Waals surface area (Å²) in [6.07, 6.45) is 0.229. The molecule has 0 aliphatic heterocycles. The minimum Gasteiger partial charge on any atom is -0.481 e. The van der Waals surface area contributed by atoms with E-state index in [9.17, 15) is 9.59 Å². The molecule has 0 spiro atoms. The monoisotopic (exact) mass is 285 g/mol. The van der Waals surface area contributed by atoms with Gasteiger partial charge in [-0.2, -0.15) is 0 Å². The van der Waals surface area contributed by atoms with Crippen LogP contribution in [0.3, 0.4) is 0 Å². The van der Waals surface area contributed by atoms with Gasteiger partial charge in [0.1, 0.15) is 0 Å². The van der Waals surface area contributed by atoms with Crippen LogP contribution in [0.2, 0.25) is 0 Å². The third-order valence-electron chi connectivity index (χ3n) is 3.65. The molecule has 0 saturated carbocycles. The van der Waals surface area contributed by atoms with Gasteiger partial charge in [-0.25, -0.2) is 0 Å². The molecule has 0 amide bonds. The highest BCUT2D eigenvalue weighted by Gasteiger charge is 2.10. The maximum Gasteiger partial charge on any atom is 0.303 e. The molecule has 4 nitrogen and oxygen atoms in total. The van der Waals surface area contributed by atoms with Crippen LogP contribution in [0, 0.1) is 13.8 Å². The van der Waals surface area contributed by atoms with E-state index in [2.05, 4.69) is 6.07 Å². The van der Waals surface area contributed by atoms with Gasteiger partial charge < -0.3 is 9.67 Å². The van der Waals surface area contributed by atoms with E-state index in [0.29, 0.717) is 5.56 Å². The molecule has 0 aliphatic carbocycles. The van der Waals surface area contributed by atoms with Crippen molar-refractivity contribution in [3.05, 3.63) is 57.4 Å². The van der Waals surface area contributed by atoms with Crippen molar-refractivity contribution in [1.82, 2.24) is 4.57 Å². The maximum atomic E-state index is 12.3. The number of carbonyl (C=O) groups is 1. The third-order valence-corrected chi connectivity index (χ3v) is 3.65. The van der Waals surface area contributed by atoms with Crippen LogP contribution in [0.1, 0.15) is 23.1 Å². The van der Waals surface area contributed by atoms with E-state index in [1.165, 1.54) is 5.56 Å². The normalized spacial score (nSPS) is 10.6. The summed E-state index contributed by atoms with van der Waals surface area (Å²) in [5.41, 5.74) is 4.56. The quantitative estimate of drug-likeness (QED) is 0.939. The summed E-state index contributed by atoms with van der Waals surface area (Å²) in [5, 5.41) is 8.72. The molecule has 1 aromatic heterocycles. The van der Waals surface area contributed by atoms with Gasteiger partial charge in [-0.1, -0.05) is 29.8 Å². The fourth-order valence-electron chi connectivity index (χ4n) is 2.49. The van der Waals surface area contributed by atoms with Crippen LogP contribution in [0.25, 0.3) is 11.3 Å². The molecule has 0 atom stereocenters. The first-order valence-corrected chi connectivity index (χ1v) is 6.88. The van der Waals surface area contributed by atoms with E-state index in [4.69, 9.17) is 5.11 Å². The molecule has 0 radical (unpaired) electrons. The SMILES string of the molecule is Cc1ccc(-c2ccc(CCC(=O)O)c(=O)n2C)c(C)c1. The van der Waals surface area contributed by atoms with Gasteiger partial charge in [0, 0.05) is 24.6 Å². The van der Waals surface area contributed by atoms with Crippen molar-refractivity contribution in [2.45, 2.75) is 26.7 Å². The van der Waals surface area contributed by atoms with Crippen molar-refractivity contribution < 1.29 is 9.90 Å². The third kappa shape index (κ3) is 3.21. The smallest absolute Gasteiger partial charge is 0.303 e. The predicted octanol–water partition coefficient (Wildman–Crippen LogP) is 2.69. The second-order valence-corrected chi connectivity index (χ2v) is 5.32.